The largest absolute Gasteiger partial charge is 0.495 e. The van der Waals surface area contributed by atoms with E-state index in [1.807, 2.05) is 0 Å². The maximum absolute atomic E-state index is 12.8. The highest BCUT2D eigenvalue weighted by molar-refractivity contribution is 7.89. The molecule has 1 aliphatic rings. The number of ether oxygens (including phenoxy) is 1. The van der Waals surface area contributed by atoms with Crippen LogP contribution in [-0.4, -0.2) is 51.9 Å². The van der Waals surface area contributed by atoms with E-state index in [0.717, 1.165) is 17.7 Å². The second-order valence-electron chi connectivity index (χ2n) is 7.07. The van der Waals surface area contributed by atoms with Crippen molar-refractivity contribution in [3.63, 3.8) is 0 Å². The van der Waals surface area contributed by atoms with Crippen LogP contribution < -0.4 is 14.8 Å². The fraction of sp³-hybridized carbons (Fsp3) is 0.300. The van der Waals surface area contributed by atoms with Crippen LogP contribution in [0.4, 0.5) is 5.69 Å². The summed E-state index contributed by atoms with van der Waals surface area (Å²) >= 11 is 12.1. The SMILES string of the molecule is COc1ccc(C(=O)N(C)CC(=O)Nc2c(Cl)cccc2Cl)cc1S(=O)(=O)NC1CC1. The molecule has 2 aromatic rings. The monoisotopic (exact) mass is 485 g/mol. The molecule has 0 atom stereocenters. The van der Waals surface area contributed by atoms with Gasteiger partial charge in [-0.3, -0.25) is 9.59 Å². The Morgan fingerprint density at radius 3 is 2.39 bits per heavy atom. The van der Waals surface area contributed by atoms with Crippen LogP contribution >= 0.6 is 23.2 Å². The molecule has 0 unspecified atom stereocenters. The van der Waals surface area contributed by atoms with Crippen LogP contribution in [-0.2, 0) is 14.8 Å². The van der Waals surface area contributed by atoms with E-state index in [0.29, 0.717) is 0 Å². The molecular weight excluding hydrogens is 465 g/mol. The van der Waals surface area contributed by atoms with Crippen LogP contribution in [0.3, 0.4) is 0 Å². The van der Waals surface area contributed by atoms with E-state index in [4.69, 9.17) is 27.9 Å². The zero-order valence-corrected chi connectivity index (χ0v) is 19.1. The number of benzene rings is 2. The van der Waals surface area contributed by atoms with E-state index >= 15 is 0 Å². The van der Waals surface area contributed by atoms with E-state index in [-0.39, 0.29) is 44.5 Å². The molecule has 1 saturated carbocycles. The van der Waals surface area contributed by atoms with Gasteiger partial charge in [0.05, 0.1) is 29.4 Å². The van der Waals surface area contributed by atoms with Crippen LogP contribution in [0.2, 0.25) is 10.0 Å². The summed E-state index contributed by atoms with van der Waals surface area (Å²) in [4.78, 5) is 26.2. The second-order valence-corrected chi connectivity index (χ2v) is 9.56. The van der Waals surface area contributed by atoms with Crippen molar-refractivity contribution in [2.75, 3.05) is 26.0 Å². The fourth-order valence-electron chi connectivity index (χ4n) is 2.81. The Morgan fingerprint density at radius 2 is 1.81 bits per heavy atom. The highest BCUT2D eigenvalue weighted by atomic mass is 35.5. The average molecular weight is 486 g/mol. The van der Waals surface area contributed by atoms with E-state index < -0.39 is 21.8 Å². The maximum Gasteiger partial charge on any atom is 0.254 e. The summed E-state index contributed by atoms with van der Waals surface area (Å²) in [7, 11) is -1.07. The molecule has 1 aliphatic carbocycles. The first-order valence-corrected chi connectivity index (χ1v) is 11.6. The van der Waals surface area contributed by atoms with Crippen molar-refractivity contribution in [1.29, 1.82) is 0 Å². The predicted molar refractivity (Wildman–Crippen MR) is 118 cm³/mol. The Kier molecular flexibility index (Phi) is 7.10. The maximum atomic E-state index is 12.8. The summed E-state index contributed by atoms with van der Waals surface area (Å²) in [6.45, 7) is -0.297. The Hall–Kier alpha value is -2.33. The summed E-state index contributed by atoms with van der Waals surface area (Å²) in [5, 5.41) is 3.11. The molecule has 0 bridgehead atoms. The van der Waals surface area contributed by atoms with Gasteiger partial charge in [0.15, 0.2) is 0 Å². The van der Waals surface area contributed by atoms with Crippen LogP contribution in [0.1, 0.15) is 23.2 Å². The smallest absolute Gasteiger partial charge is 0.254 e. The highest BCUT2D eigenvalue weighted by Crippen LogP contribution is 2.30. The molecule has 8 nitrogen and oxygen atoms in total. The first kappa shape index (κ1) is 23.3. The van der Waals surface area contributed by atoms with Crippen molar-refractivity contribution >= 4 is 50.7 Å². The minimum absolute atomic E-state index is 0.0999. The molecule has 0 heterocycles. The number of carbonyl (C=O) groups is 2. The number of halogens is 2. The third-order valence-electron chi connectivity index (χ3n) is 4.55. The summed E-state index contributed by atoms with van der Waals surface area (Å²) in [6, 6.07) is 8.79. The molecule has 2 aromatic carbocycles. The van der Waals surface area contributed by atoms with Gasteiger partial charge >= 0.3 is 0 Å². The van der Waals surface area contributed by atoms with Crippen LogP contribution in [0.15, 0.2) is 41.3 Å². The number of hydrogen-bond donors (Lipinski definition) is 2. The molecule has 2 amide bonds. The number of methoxy groups -OCH3 is 1. The number of likely N-dealkylation sites (N-methyl/N-ethyl adjacent to an activating group) is 1. The van der Waals surface area contributed by atoms with Crippen molar-refractivity contribution in [1.82, 2.24) is 9.62 Å². The number of hydrogen-bond acceptors (Lipinski definition) is 5. The van der Waals surface area contributed by atoms with Crippen molar-refractivity contribution in [2.24, 2.45) is 0 Å². The van der Waals surface area contributed by atoms with Crippen molar-refractivity contribution < 1.29 is 22.7 Å². The van der Waals surface area contributed by atoms with Gasteiger partial charge in [-0.05, 0) is 43.2 Å². The highest BCUT2D eigenvalue weighted by Gasteiger charge is 2.30. The summed E-state index contributed by atoms with van der Waals surface area (Å²) in [6.07, 6.45) is 1.54. The van der Waals surface area contributed by atoms with Crippen LogP contribution in [0.25, 0.3) is 0 Å². The molecule has 3 rings (SSSR count). The summed E-state index contributed by atoms with van der Waals surface area (Å²) in [5.74, 6) is -0.924. The lowest BCUT2D eigenvalue weighted by Gasteiger charge is -2.18. The second kappa shape index (κ2) is 9.44. The number of sulfonamides is 1. The number of para-hydroxylation sites is 1. The van der Waals surface area contributed by atoms with E-state index in [1.165, 1.54) is 32.4 Å². The first-order chi connectivity index (χ1) is 14.6. The summed E-state index contributed by atoms with van der Waals surface area (Å²) < 4.78 is 33.0. The molecule has 0 radical (unpaired) electrons. The van der Waals surface area contributed by atoms with Gasteiger partial charge in [-0.1, -0.05) is 29.3 Å². The normalized spacial score (nSPS) is 13.5. The topological polar surface area (TPSA) is 105 Å². The van der Waals surface area contributed by atoms with Gasteiger partial charge < -0.3 is 15.0 Å². The standard InChI is InChI=1S/C20H21Cl2N3O5S/c1-25(11-18(26)23-19-14(21)4-3-5-15(19)22)20(27)12-6-9-16(30-2)17(10-12)31(28,29)24-13-7-8-13/h3-6,9-10,13,24H,7-8,11H2,1-2H3,(H,23,26). The Balaban J connectivity index is 1.75. The third-order valence-corrected chi connectivity index (χ3v) is 6.73. The quantitative estimate of drug-likeness (QED) is 0.597. The Morgan fingerprint density at radius 1 is 1.16 bits per heavy atom. The Bertz CT molecular complexity index is 1100. The molecule has 0 saturated heterocycles. The van der Waals surface area contributed by atoms with Crippen molar-refractivity contribution in [2.45, 2.75) is 23.8 Å². The number of anilines is 1. The van der Waals surface area contributed by atoms with Gasteiger partial charge in [0, 0.05) is 18.7 Å². The van der Waals surface area contributed by atoms with Gasteiger partial charge in [0.25, 0.3) is 5.91 Å². The van der Waals surface area contributed by atoms with Gasteiger partial charge in [-0.25, -0.2) is 13.1 Å². The van der Waals surface area contributed by atoms with Crippen LogP contribution in [0.5, 0.6) is 5.75 Å². The van der Waals surface area contributed by atoms with Crippen LogP contribution in [0, 0.1) is 0 Å². The fourth-order valence-corrected chi connectivity index (χ4v) is 4.80. The zero-order chi connectivity index (χ0) is 22.8. The van der Waals surface area contributed by atoms with Gasteiger partial charge in [-0.2, -0.15) is 0 Å². The lowest BCUT2D eigenvalue weighted by Crippen LogP contribution is -2.35. The molecule has 0 aliphatic heterocycles. The lowest BCUT2D eigenvalue weighted by molar-refractivity contribution is -0.116. The van der Waals surface area contributed by atoms with Gasteiger partial charge in [0.1, 0.15) is 10.6 Å². The lowest BCUT2D eigenvalue weighted by atomic mass is 10.2. The third kappa shape index (κ3) is 5.68. The molecule has 0 spiro atoms. The van der Waals surface area contributed by atoms with Crippen molar-refractivity contribution in [3.05, 3.63) is 52.0 Å². The molecule has 166 valence electrons. The first-order valence-electron chi connectivity index (χ1n) is 9.32. The zero-order valence-electron chi connectivity index (χ0n) is 16.8. The van der Waals surface area contributed by atoms with Crippen molar-refractivity contribution in [3.8, 4) is 5.75 Å². The predicted octanol–water partition coefficient (Wildman–Crippen LogP) is 3.15. The number of rotatable bonds is 8. The molecule has 31 heavy (non-hydrogen) atoms. The van der Waals surface area contributed by atoms with Gasteiger partial charge in [0.2, 0.25) is 15.9 Å². The van der Waals surface area contributed by atoms with Gasteiger partial charge in [-0.15, -0.1) is 0 Å². The molecule has 1 fully saturated rings. The number of nitrogens with one attached hydrogen (secondary N) is 2. The molecule has 0 aromatic heterocycles. The average Bonchev–Trinajstić information content (AvgIpc) is 3.53. The minimum Gasteiger partial charge on any atom is -0.495 e. The number of amides is 2. The minimum atomic E-state index is -3.85. The van der Waals surface area contributed by atoms with E-state index in [2.05, 4.69) is 10.0 Å². The van der Waals surface area contributed by atoms with E-state index in [1.54, 1.807) is 18.2 Å². The van der Waals surface area contributed by atoms with E-state index in [9.17, 15) is 18.0 Å². The number of nitrogens with zero attached hydrogens (tertiary/aromatic N) is 1. The summed E-state index contributed by atoms with van der Waals surface area (Å²) in [5.41, 5.74) is 0.351. The Labute approximate surface area is 190 Å². The number of carbonyl (C=O) groups excluding carboxylic acids is 2. The molecule has 11 heteroatoms. The molecular formula is C20H21Cl2N3O5S. The molecule has 2 N–H and O–H groups in total.